The van der Waals surface area contributed by atoms with E-state index < -0.39 is 0 Å². The highest BCUT2D eigenvalue weighted by Crippen LogP contribution is 2.46. The molecule has 0 saturated heterocycles. The van der Waals surface area contributed by atoms with Gasteiger partial charge in [-0.1, -0.05) is 47.9 Å². The van der Waals surface area contributed by atoms with Gasteiger partial charge in [0, 0.05) is 12.8 Å². The van der Waals surface area contributed by atoms with Gasteiger partial charge in [-0.05, 0) is 46.5 Å². The molecular formula is C32H32O6. The first-order valence-electron chi connectivity index (χ1n) is 12.2. The molecule has 0 fully saturated rings. The summed E-state index contributed by atoms with van der Waals surface area (Å²) in [7, 11) is 9.60. The Bertz CT molecular complexity index is 1260. The minimum atomic E-state index is -0.315. The molecule has 2 atom stereocenters. The Morgan fingerprint density at radius 3 is 1.16 bits per heavy atom. The number of methoxy groups -OCH3 is 6. The fourth-order valence-corrected chi connectivity index (χ4v) is 4.69. The minimum absolute atomic E-state index is 0.315. The molecule has 3 aromatic carbocycles. The molecule has 3 aromatic rings. The van der Waals surface area contributed by atoms with E-state index in [4.69, 9.17) is 28.4 Å². The van der Waals surface area contributed by atoms with Crippen LogP contribution in [0.25, 0.3) is 0 Å². The van der Waals surface area contributed by atoms with Crippen molar-refractivity contribution >= 4 is 0 Å². The van der Waals surface area contributed by atoms with Crippen molar-refractivity contribution in [2.75, 3.05) is 42.7 Å². The SMILES string of the molecule is COc1cc([C@@H]2C#CCc3ccccc3CC#C[C@H]2c2cc(OC)c(OC)c(OC)c2)cc(OC)c1OC. The van der Waals surface area contributed by atoms with Gasteiger partial charge in [0.2, 0.25) is 11.5 Å². The summed E-state index contributed by atoms with van der Waals surface area (Å²) in [6.45, 7) is 0. The number of hydrogen-bond donors (Lipinski definition) is 0. The first-order chi connectivity index (χ1) is 18.6. The van der Waals surface area contributed by atoms with E-state index >= 15 is 0 Å². The molecule has 6 nitrogen and oxygen atoms in total. The predicted octanol–water partition coefficient (Wildman–Crippen LogP) is 5.41. The van der Waals surface area contributed by atoms with E-state index in [1.54, 1.807) is 42.7 Å². The fourth-order valence-electron chi connectivity index (χ4n) is 4.69. The Morgan fingerprint density at radius 1 is 0.526 bits per heavy atom. The van der Waals surface area contributed by atoms with E-state index in [2.05, 4.69) is 35.8 Å². The average Bonchev–Trinajstić information content (AvgIpc) is 2.97. The van der Waals surface area contributed by atoms with Gasteiger partial charge in [0.05, 0.1) is 54.5 Å². The summed E-state index contributed by atoms with van der Waals surface area (Å²) in [5.74, 6) is 16.5. The van der Waals surface area contributed by atoms with E-state index in [1.165, 1.54) is 11.1 Å². The first-order valence-corrected chi connectivity index (χ1v) is 12.2. The zero-order chi connectivity index (χ0) is 27.1. The van der Waals surface area contributed by atoms with Gasteiger partial charge in [0.25, 0.3) is 0 Å². The van der Waals surface area contributed by atoms with Crippen molar-refractivity contribution in [2.24, 2.45) is 0 Å². The van der Waals surface area contributed by atoms with Gasteiger partial charge in [0.15, 0.2) is 23.0 Å². The largest absolute Gasteiger partial charge is 0.493 e. The lowest BCUT2D eigenvalue weighted by Crippen LogP contribution is -2.11. The summed E-state index contributed by atoms with van der Waals surface area (Å²) >= 11 is 0. The van der Waals surface area contributed by atoms with Gasteiger partial charge in [-0.3, -0.25) is 0 Å². The number of benzene rings is 3. The standard InChI is InChI=1S/C32H32O6/c1-33-27-17-23(18-28(34-2)31(27)37-5)25-15-9-13-21-11-7-8-12-22(21)14-10-16-26(25)24-19-29(35-3)32(38-6)30(20-24)36-4/h7-8,11-12,17-20,25-26H,13-14H2,1-6H3/t25-,26-/m0/s1. The lowest BCUT2D eigenvalue weighted by Gasteiger charge is -2.24. The molecule has 0 aliphatic heterocycles. The summed E-state index contributed by atoms with van der Waals surface area (Å²) in [5, 5.41) is 0. The van der Waals surface area contributed by atoms with Crippen LogP contribution in [0.5, 0.6) is 34.5 Å². The lowest BCUT2D eigenvalue weighted by atomic mass is 9.81. The van der Waals surface area contributed by atoms with E-state index in [1.807, 2.05) is 36.4 Å². The van der Waals surface area contributed by atoms with Crippen molar-refractivity contribution in [1.82, 2.24) is 0 Å². The number of hydrogen-bond acceptors (Lipinski definition) is 6. The van der Waals surface area contributed by atoms with Crippen LogP contribution in [0.3, 0.4) is 0 Å². The molecule has 0 aromatic heterocycles. The van der Waals surface area contributed by atoms with Crippen molar-refractivity contribution in [2.45, 2.75) is 24.7 Å². The Kier molecular flexibility index (Phi) is 8.56. The van der Waals surface area contributed by atoms with Crippen molar-refractivity contribution in [3.05, 3.63) is 70.8 Å². The van der Waals surface area contributed by atoms with Gasteiger partial charge in [0.1, 0.15) is 0 Å². The molecule has 1 aliphatic carbocycles. The second kappa shape index (κ2) is 12.2. The lowest BCUT2D eigenvalue weighted by molar-refractivity contribution is 0.323. The number of fused-ring (bicyclic) bond motifs is 1. The Hall–Kier alpha value is -4.42. The van der Waals surface area contributed by atoms with Gasteiger partial charge in [-0.25, -0.2) is 0 Å². The van der Waals surface area contributed by atoms with Crippen LogP contribution in [0, 0.1) is 23.7 Å². The molecule has 0 N–H and O–H groups in total. The Balaban J connectivity index is 1.96. The smallest absolute Gasteiger partial charge is 0.203 e. The molecule has 0 saturated carbocycles. The van der Waals surface area contributed by atoms with Crippen LogP contribution < -0.4 is 28.4 Å². The van der Waals surface area contributed by atoms with E-state index in [9.17, 15) is 0 Å². The van der Waals surface area contributed by atoms with Gasteiger partial charge in [-0.15, -0.1) is 0 Å². The molecule has 0 amide bonds. The molecule has 4 rings (SSSR count). The van der Waals surface area contributed by atoms with E-state index in [0.29, 0.717) is 47.3 Å². The molecule has 0 spiro atoms. The summed E-state index contributed by atoms with van der Waals surface area (Å²) in [5.41, 5.74) is 4.16. The van der Waals surface area contributed by atoms with Crippen LogP contribution in [-0.4, -0.2) is 42.7 Å². The normalized spacial score (nSPS) is 15.9. The Morgan fingerprint density at radius 2 is 0.868 bits per heavy atom. The topological polar surface area (TPSA) is 55.4 Å². The van der Waals surface area contributed by atoms with Crippen molar-refractivity contribution in [3.63, 3.8) is 0 Å². The van der Waals surface area contributed by atoms with Crippen molar-refractivity contribution < 1.29 is 28.4 Å². The molecular weight excluding hydrogens is 480 g/mol. The third kappa shape index (κ3) is 5.31. The quantitative estimate of drug-likeness (QED) is 0.376. The van der Waals surface area contributed by atoms with Crippen molar-refractivity contribution in [1.29, 1.82) is 0 Å². The molecule has 0 radical (unpaired) electrons. The first kappa shape index (κ1) is 26.6. The molecule has 0 unspecified atom stereocenters. The monoisotopic (exact) mass is 512 g/mol. The molecule has 38 heavy (non-hydrogen) atoms. The second-order valence-electron chi connectivity index (χ2n) is 8.64. The van der Waals surface area contributed by atoms with Crippen LogP contribution in [-0.2, 0) is 12.8 Å². The van der Waals surface area contributed by atoms with Crippen LogP contribution in [0.15, 0.2) is 48.5 Å². The fraction of sp³-hybridized carbons (Fsp3) is 0.312. The summed E-state index contributed by atoms with van der Waals surface area (Å²) < 4.78 is 33.7. The van der Waals surface area contributed by atoms with Gasteiger partial charge < -0.3 is 28.4 Å². The molecule has 6 heteroatoms. The van der Waals surface area contributed by atoms with Crippen molar-refractivity contribution in [3.8, 4) is 58.2 Å². The summed E-state index contributed by atoms with van der Waals surface area (Å²) in [4.78, 5) is 0. The highest BCUT2D eigenvalue weighted by atomic mass is 16.5. The highest BCUT2D eigenvalue weighted by molar-refractivity contribution is 5.59. The molecule has 1 aliphatic rings. The maximum atomic E-state index is 5.66. The number of ether oxygens (including phenoxy) is 6. The van der Waals surface area contributed by atoms with Crippen LogP contribution >= 0.6 is 0 Å². The second-order valence-corrected chi connectivity index (χ2v) is 8.64. The van der Waals surface area contributed by atoms with Gasteiger partial charge >= 0.3 is 0 Å². The minimum Gasteiger partial charge on any atom is -0.493 e. The highest BCUT2D eigenvalue weighted by Gasteiger charge is 2.28. The zero-order valence-electron chi connectivity index (χ0n) is 22.6. The average molecular weight is 513 g/mol. The molecule has 0 heterocycles. The van der Waals surface area contributed by atoms with E-state index in [0.717, 1.165) is 11.1 Å². The molecule has 196 valence electrons. The summed E-state index contributed by atoms with van der Waals surface area (Å²) in [6, 6.07) is 16.0. The summed E-state index contributed by atoms with van der Waals surface area (Å²) in [6.07, 6.45) is 1.25. The third-order valence-electron chi connectivity index (χ3n) is 6.62. The zero-order valence-corrected chi connectivity index (χ0v) is 22.6. The Labute approximate surface area is 224 Å². The maximum absolute atomic E-state index is 5.66. The third-order valence-corrected chi connectivity index (χ3v) is 6.62. The maximum Gasteiger partial charge on any atom is 0.203 e. The molecule has 0 bridgehead atoms. The predicted molar refractivity (Wildman–Crippen MR) is 147 cm³/mol. The van der Waals surface area contributed by atoms with Crippen LogP contribution in [0.2, 0.25) is 0 Å². The van der Waals surface area contributed by atoms with Crippen LogP contribution in [0.4, 0.5) is 0 Å². The van der Waals surface area contributed by atoms with Crippen LogP contribution in [0.1, 0.15) is 34.1 Å². The number of rotatable bonds is 8. The van der Waals surface area contributed by atoms with E-state index in [-0.39, 0.29) is 11.8 Å². The van der Waals surface area contributed by atoms with Gasteiger partial charge in [-0.2, -0.15) is 0 Å².